The van der Waals surface area contributed by atoms with Crippen LogP contribution in [0.3, 0.4) is 0 Å². The fourth-order valence-corrected chi connectivity index (χ4v) is 4.88. The van der Waals surface area contributed by atoms with E-state index in [0.29, 0.717) is 40.8 Å². The molecule has 10 nitrogen and oxygen atoms in total. The van der Waals surface area contributed by atoms with E-state index in [1.165, 1.54) is 16.7 Å². The third-order valence-corrected chi connectivity index (χ3v) is 6.91. The van der Waals surface area contributed by atoms with Gasteiger partial charge in [0.25, 0.3) is 11.5 Å². The van der Waals surface area contributed by atoms with Crippen molar-refractivity contribution in [3.05, 3.63) is 73.4 Å². The van der Waals surface area contributed by atoms with E-state index < -0.39 is 5.56 Å². The van der Waals surface area contributed by atoms with Crippen LogP contribution in [0.5, 0.6) is 0 Å². The van der Waals surface area contributed by atoms with Crippen LogP contribution >= 0.6 is 11.6 Å². The molecule has 192 valence electrons. The summed E-state index contributed by atoms with van der Waals surface area (Å²) < 4.78 is 2.67. The first-order chi connectivity index (χ1) is 17.8. The normalized spacial score (nSPS) is 15.0. The van der Waals surface area contributed by atoms with Gasteiger partial charge in [0.15, 0.2) is 0 Å². The summed E-state index contributed by atoms with van der Waals surface area (Å²) in [7, 11) is 0. The molecule has 1 atom stereocenters. The number of amides is 3. The average molecular weight is 523 g/mol. The number of anilines is 1. The molecule has 1 unspecified atom stereocenters. The van der Waals surface area contributed by atoms with Gasteiger partial charge in [-0.15, -0.1) is 0 Å². The SMILES string of the molecule is CCn1c(=O)c2cc(C(=O)NCC3CCCN3C(=O)Nc3ccc(C#N)c(Cl)c3)ccc2n(CC)c1=O. The molecule has 1 saturated heterocycles. The molecule has 2 N–H and O–H groups in total. The molecule has 0 aliphatic carbocycles. The van der Waals surface area contributed by atoms with Gasteiger partial charge in [0, 0.05) is 37.4 Å². The zero-order chi connectivity index (χ0) is 26.7. The van der Waals surface area contributed by atoms with Crippen LogP contribution in [0.25, 0.3) is 10.9 Å². The van der Waals surface area contributed by atoms with Crippen molar-refractivity contribution in [2.45, 2.75) is 45.8 Å². The minimum absolute atomic E-state index is 0.208. The Balaban J connectivity index is 1.47. The first-order valence-corrected chi connectivity index (χ1v) is 12.5. The van der Waals surface area contributed by atoms with Crippen molar-refractivity contribution >= 4 is 40.1 Å². The number of nitrogens with zero attached hydrogens (tertiary/aromatic N) is 4. The van der Waals surface area contributed by atoms with E-state index in [2.05, 4.69) is 10.6 Å². The number of carbonyl (C=O) groups is 2. The van der Waals surface area contributed by atoms with Crippen molar-refractivity contribution in [1.29, 1.82) is 5.26 Å². The van der Waals surface area contributed by atoms with E-state index in [4.69, 9.17) is 16.9 Å². The molecule has 11 heteroatoms. The summed E-state index contributed by atoms with van der Waals surface area (Å²) in [5, 5.41) is 15.2. The van der Waals surface area contributed by atoms with Gasteiger partial charge >= 0.3 is 11.7 Å². The molecule has 1 aliphatic heterocycles. The Labute approximate surface area is 218 Å². The Morgan fingerprint density at radius 3 is 2.54 bits per heavy atom. The van der Waals surface area contributed by atoms with Crippen LogP contribution in [0.15, 0.2) is 46.0 Å². The molecule has 1 aliphatic rings. The maximum absolute atomic E-state index is 12.9. The third kappa shape index (κ3) is 5.08. The fourth-order valence-electron chi connectivity index (χ4n) is 4.66. The van der Waals surface area contributed by atoms with Crippen molar-refractivity contribution in [2.24, 2.45) is 0 Å². The van der Waals surface area contributed by atoms with Crippen LogP contribution in [0.1, 0.15) is 42.6 Å². The predicted octanol–water partition coefficient (Wildman–Crippen LogP) is 3.15. The quantitative estimate of drug-likeness (QED) is 0.513. The van der Waals surface area contributed by atoms with Crippen LogP contribution < -0.4 is 21.9 Å². The number of aryl methyl sites for hydroxylation is 1. The molecule has 0 bridgehead atoms. The van der Waals surface area contributed by atoms with E-state index in [9.17, 15) is 19.2 Å². The van der Waals surface area contributed by atoms with Crippen LogP contribution in [-0.2, 0) is 13.1 Å². The van der Waals surface area contributed by atoms with E-state index in [-0.39, 0.29) is 41.8 Å². The standard InChI is InChI=1S/C26H27ClN6O4/c1-3-31-22-10-8-16(12-20(22)24(35)32(4-2)26(31)37)23(34)29-15-19-6-5-11-33(19)25(36)30-18-9-7-17(14-28)21(27)13-18/h7-10,12-13,19H,3-6,11,15H2,1-2H3,(H,29,34)(H,30,36). The van der Waals surface area contributed by atoms with E-state index in [1.807, 2.05) is 13.0 Å². The lowest BCUT2D eigenvalue weighted by Crippen LogP contribution is -2.45. The maximum Gasteiger partial charge on any atom is 0.331 e. The summed E-state index contributed by atoms with van der Waals surface area (Å²) in [6.07, 6.45) is 1.52. The molecule has 3 amide bonds. The number of halogens is 1. The van der Waals surface area contributed by atoms with Crippen molar-refractivity contribution < 1.29 is 9.59 Å². The van der Waals surface area contributed by atoms with Crippen LogP contribution in [0.4, 0.5) is 10.5 Å². The number of fused-ring (bicyclic) bond motifs is 1. The zero-order valence-corrected chi connectivity index (χ0v) is 21.3. The highest BCUT2D eigenvalue weighted by molar-refractivity contribution is 6.32. The highest BCUT2D eigenvalue weighted by Crippen LogP contribution is 2.23. The summed E-state index contributed by atoms with van der Waals surface area (Å²) in [6.45, 7) is 4.97. The molecular weight excluding hydrogens is 496 g/mol. The number of urea groups is 1. The molecular formula is C26H27ClN6O4. The Bertz CT molecular complexity index is 1540. The molecule has 3 aromatic rings. The van der Waals surface area contributed by atoms with Crippen LogP contribution in [0.2, 0.25) is 5.02 Å². The van der Waals surface area contributed by atoms with Gasteiger partial charge in [0.2, 0.25) is 0 Å². The van der Waals surface area contributed by atoms with Gasteiger partial charge < -0.3 is 15.5 Å². The summed E-state index contributed by atoms with van der Waals surface area (Å²) in [6, 6.07) is 10.8. The van der Waals surface area contributed by atoms with Gasteiger partial charge in [-0.3, -0.25) is 18.7 Å². The Morgan fingerprint density at radius 1 is 1.11 bits per heavy atom. The molecule has 37 heavy (non-hydrogen) atoms. The number of hydrogen-bond donors (Lipinski definition) is 2. The van der Waals surface area contributed by atoms with Crippen molar-refractivity contribution in [1.82, 2.24) is 19.4 Å². The maximum atomic E-state index is 12.9. The number of hydrogen-bond acceptors (Lipinski definition) is 5. The summed E-state index contributed by atoms with van der Waals surface area (Å²) in [5.74, 6) is -0.371. The molecule has 0 spiro atoms. The predicted molar refractivity (Wildman–Crippen MR) is 141 cm³/mol. The smallest absolute Gasteiger partial charge is 0.331 e. The van der Waals surface area contributed by atoms with Crippen molar-refractivity contribution in [2.75, 3.05) is 18.4 Å². The highest BCUT2D eigenvalue weighted by Gasteiger charge is 2.29. The first-order valence-electron chi connectivity index (χ1n) is 12.1. The van der Waals surface area contributed by atoms with Gasteiger partial charge in [-0.05, 0) is 63.1 Å². The highest BCUT2D eigenvalue weighted by atomic mass is 35.5. The lowest BCUT2D eigenvalue weighted by molar-refractivity contribution is 0.0943. The molecule has 1 aromatic heterocycles. The number of nitrogens with one attached hydrogen (secondary N) is 2. The largest absolute Gasteiger partial charge is 0.350 e. The molecule has 1 fully saturated rings. The Kier molecular flexibility index (Phi) is 7.64. The van der Waals surface area contributed by atoms with Gasteiger partial charge in [-0.25, -0.2) is 9.59 Å². The Morgan fingerprint density at radius 2 is 1.86 bits per heavy atom. The summed E-state index contributed by atoms with van der Waals surface area (Å²) in [4.78, 5) is 52.9. The lowest BCUT2D eigenvalue weighted by atomic mass is 10.1. The van der Waals surface area contributed by atoms with Crippen LogP contribution in [0, 0.1) is 11.3 Å². The number of benzene rings is 2. The van der Waals surface area contributed by atoms with Gasteiger partial charge in [-0.1, -0.05) is 11.6 Å². The summed E-state index contributed by atoms with van der Waals surface area (Å²) in [5.41, 5.74) is 0.783. The minimum Gasteiger partial charge on any atom is -0.350 e. The molecule has 4 rings (SSSR count). The summed E-state index contributed by atoms with van der Waals surface area (Å²) >= 11 is 6.06. The first kappa shape index (κ1) is 26.0. The molecule has 0 radical (unpaired) electrons. The third-order valence-electron chi connectivity index (χ3n) is 6.60. The number of aromatic nitrogens is 2. The molecule has 2 heterocycles. The fraction of sp³-hybridized carbons (Fsp3) is 0.346. The van der Waals surface area contributed by atoms with Gasteiger partial charge in [0.05, 0.1) is 27.5 Å². The second kappa shape index (κ2) is 10.9. The van der Waals surface area contributed by atoms with Crippen molar-refractivity contribution in [3.63, 3.8) is 0 Å². The van der Waals surface area contributed by atoms with E-state index in [0.717, 1.165) is 17.4 Å². The zero-order valence-electron chi connectivity index (χ0n) is 20.6. The molecule has 0 saturated carbocycles. The van der Waals surface area contributed by atoms with Crippen molar-refractivity contribution in [3.8, 4) is 6.07 Å². The molecule has 2 aromatic carbocycles. The van der Waals surface area contributed by atoms with Gasteiger partial charge in [-0.2, -0.15) is 5.26 Å². The lowest BCUT2D eigenvalue weighted by Gasteiger charge is -2.25. The monoisotopic (exact) mass is 522 g/mol. The second-order valence-corrected chi connectivity index (χ2v) is 9.15. The second-order valence-electron chi connectivity index (χ2n) is 8.74. The number of likely N-dealkylation sites (tertiary alicyclic amines) is 1. The van der Waals surface area contributed by atoms with Gasteiger partial charge in [0.1, 0.15) is 6.07 Å². The topological polar surface area (TPSA) is 129 Å². The minimum atomic E-state index is -0.427. The number of carbonyl (C=O) groups excluding carboxylic acids is 2. The van der Waals surface area contributed by atoms with E-state index >= 15 is 0 Å². The van der Waals surface area contributed by atoms with Crippen LogP contribution in [-0.4, -0.2) is 45.1 Å². The van der Waals surface area contributed by atoms with E-state index in [1.54, 1.807) is 36.1 Å². The number of nitriles is 1. The Hall–Kier alpha value is -4.10. The average Bonchev–Trinajstić information content (AvgIpc) is 3.37. The number of rotatable bonds is 6.